The molecule has 0 bridgehead atoms. The van der Waals surface area contributed by atoms with E-state index in [1.807, 2.05) is 0 Å². The Balaban J connectivity index is 1.88. The Morgan fingerprint density at radius 1 is 1.22 bits per heavy atom. The normalized spacial score (nSPS) is 11.5. The summed E-state index contributed by atoms with van der Waals surface area (Å²) in [7, 11) is 0. The van der Waals surface area contributed by atoms with Gasteiger partial charge in [0.1, 0.15) is 0 Å². The number of amides is 1. The fourth-order valence-electron chi connectivity index (χ4n) is 1.97. The van der Waals surface area contributed by atoms with Crippen molar-refractivity contribution >= 4 is 35.0 Å². The molecule has 0 heterocycles. The van der Waals surface area contributed by atoms with Crippen LogP contribution in [-0.2, 0) is 14.3 Å². The molecule has 2 aromatic carbocycles. The lowest BCUT2D eigenvalue weighted by Crippen LogP contribution is -2.30. The van der Waals surface area contributed by atoms with Gasteiger partial charge < -0.3 is 10.1 Å². The van der Waals surface area contributed by atoms with Gasteiger partial charge in [0.15, 0.2) is 17.7 Å². The first-order valence-corrected chi connectivity index (χ1v) is 8.58. The number of carbonyl (C=O) groups is 2. The number of ether oxygens (including phenoxy) is 1. The molecule has 2 aromatic rings. The van der Waals surface area contributed by atoms with Crippen LogP contribution in [0.4, 0.5) is 20.2 Å². The number of hydrogen-bond donors (Lipinski definition) is 1. The highest BCUT2D eigenvalue weighted by Gasteiger charge is 2.20. The maximum atomic E-state index is 13.1. The second-order valence-electron chi connectivity index (χ2n) is 5.26. The minimum absolute atomic E-state index is 0.0103. The molecule has 0 aliphatic carbocycles. The number of benzene rings is 2. The zero-order valence-corrected chi connectivity index (χ0v) is 14.8. The molecule has 0 aliphatic heterocycles. The van der Waals surface area contributed by atoms with Crippen LogP contribution in [0.15, 0.2) is 47.4 Å². The Morgan fingerprint density at radius 2 is 1.93 bits per heavy atom. The van der Waals surface area contributed by atoms with Gasteiger partial charge in [0.05, 0.1) is 15.6 Å². The van der Waals surface area contributed by atoms with E-state index in [9.17, 15) is 28.5 Å². The summed E-state index contributed by atoms with van der Waals surface area (Å²) in [5.41, 5.74) is -0.129. The molecule has 0 saturated carbocycles. The summed E-state index contributed by atoms with van der Waals surface area (Å²) >= 11 is 0.906. The molecule has 27 heavy (non-hydrogen) atoms. The molecule has 0 saturated heterocycles. The number of esters is 1. The molecule has 1 atom stereocenters. The van der Waals surface area contributed by atoms with E-state index in [0.29, 0.717) is 4.90 Å². The topological polar surface area (TPSA) is 98.5 Å². The monoisotopic (exact) mass is 396 g/mol. The highest BCUT2D eigenvalue weighted by atomic mass is 32.2. The number of para-hydroxylation sites is 1. The van der Waals surface area contributed by atoms with Crippen LogP contribution in [0.25, 0.3) is 0 Å². The van der Waals surface area contributed by atoms with Crippen molar-refractivity contribution in [3.8, 4) is 0 Å². The van der Waals surface area contributed by atoms with E-state index in [4.69, 9.17) is 4.74 Å². The molecule has 0 unspecified atom stereocenters. The smallest absolute Gasteiger partial charge is 0.317 e. The minimum Gasteiger partial charge on any atom is -0.452 e. The van der Waals surface area contributed by atoms with Crippen molar-refractivity contribution in [1.29, 1.82) is 0 Å². The second kappa shape index (κ2) is 9.08. The third-order valence-corrected chi connectivity index (χ3v) is 4.31. The van der Waals surface area contributed by atoms with Gasteiger partial charge in [-0.05, 0) is 25.1 Å². The van der Waals surface area contributed by atoms with Crippen molar-refractivity contribution in [2.24, 2.45) is 0 Å². The Hall–Kier alpha value is -3.01. The molecule has 0 aromatic heterocycles. The van der Waals surface area contributed by atoms with Crippen LogP contribution in [0, 0.1) is 21.7 Å². The van der Waals surface area contributed by atoms with Crippen molar-refractivity contribution in [2.45, 2.75) is 17.9 Å². The maximum Gasteiger partial charge on any atom is 0.317 e. The highest BCUT2D eigenvalue weighted by Crippen LogP contribution is 2.28. The van der Waals surface area contributed by atoms with Crippen LogP contribution in [0.5, 0.6) is 0 Å². The van der Waals surface area contributed by atoms with E-state index in [1.165, 1.54) is 25.1 Å². The number of thioether (sulfide) groups is 1. The molecule has 1 amide bonds. The van der Waals surface area contributed by atoms with Crippen LogP contribution >= 0.6 is 11.8 Å². The zero-order chi connectivity index (χ0) is 20.0. The zero-order valence-electron chi connectivity index (χ0n) is 14.0. The number of nitro benzene ring substituents is 1. The first kappa shape index (κ1) is 20.3. The lowest BCUT2D eigenvalue weighted by molar-refractivity contribution is -0.387. The lowest BCUT2D eigenvalue weighted by atomic mass is 10.3. The van der Waals surface area contributed by atoms with E-state index in [1.54, 1.807) is 6.07 Å². The van der Waals surface area contributed by atoms with Gasteiger partial charge in [-0.25, -0.2) is 8.78 Å². The summed E-state index contributed by atoms with van der Waals surface area (Å²) in [5.74, 6) is -3.91. The molecule has 0 fully saturated rings. The number of nitrogens with zero attached hydrogens (tertiary/aromatic N) is 1. The SMILES string of the molecule is C[C@H](OC(=O)CSc1ccccc1[N+](=O)[O-])C(=O)Nc1ccc(F)c(F)c1. The number of carbonyl (C=O) groups excluding carboxylic acids is 2. The molecule has 142 valence electrons. The number of anilines is 1. The number of nitrogens with one attached hydrogen (secondary N) is 1. The van der Waals surface area contributed by atoms with Crippen LogP contribution < -0.4 is 5.32 Å². The predicted molar refractivity (Wildman–Crippen MR) is 94.4 cm³/mol. The van der Waals surface area contributed by atoms with Crippen molar-refractivity contribution in [2.75, 3.05) is 11.1 Å². The quantitative estimate of drug-likeness (QED) is 0.333. The van der Waals surface area contributed by atoms with E-state index in [-0.39, 0.29) is 17.1 Å². The fourth-order valence-corrected chi connectivity index (χ4v) is 2.78. The molecule has 7 nitrogen and oxygen atoms in total. The van der Waals surface area contributed by atoms with E-state index >= 15 is 0 Å². The van der Waals surface area contributed by atoms with E-state index in [2.05, 4.69) is 5.32 Å². The summed E-state index contributed by atoms with van der Waals surface area (Å²) < 4.78 is 30.9. The van der Waals surface area contributed by atoms with E-state index in [0.717, 1.165) is 30.0 Å². The van der Waals surface area contributed by atoms with Crippen LogP contribution in [-0.4, -0.2) is 28.7 Å². The van der Waals surface area contributed by atoms with Crippen molar-refractivity contribution < 1.29 is 28.0 Å². The molecule has 0 aliphatic rings. The Morgan fingerprint density at radius 3 is 2.59 bits per heavy atom. The molecule has 2 rings (SSSR count). The van der Waals surface area contributed by atoms with Gasteiger partial charge in [-0.15, -0.1) is 11.8 Å². The van der Waals surface area contributed by atoms with Gasteiger partial charge in [0, 0.05) is 17.8 Å². The number of nitro groups is 1. The molecule has 0 spiro atoms. The van der Waals surface area contributed by atoms with Gasteiger partial charge in [-0.1, -0.05) is 12.1 Å². The summed E-state index contributed by atoms with van der Waals surface area (Å²) in [6, 6.07) is 8.72. The van der Waals surface area contributed by atoms with E-state index < -0.39 is 34.5 Å². The van der Waals surface area contributed by atoms with Crippen LogP contribution in [0.3, 0.4) is 0 Å². The van der Waals surface area contributed by atoms with Crippen molar-refractivity contribution in [3.05, 3.63) is 64.2 Å². The third kappa shape index (κ3) is 5.74. The molecular formula is C17H14F2N2O5S. The summed E-state index contributed by atoms with van der Waals surface area (Å²) in [6.45, 7) is 1.31. The van der Waals surface area contributed by atoms with Gasteiger partial charge in [-0.2, -0.15) is 0 Å². The van der Waals surface area contributed by atoms with Gasteiger partial charge in [0.25, 0.3) is 11.6 Å². The second-order valence-corrected chi connectivity index (χ2v) is 6.28. The summed E-state index contributed by atoms with van der Waals surface area (Å²) in [5, 5.41) is 13.2. The number of rotatable bonds is 7. The van der Waals surface area contributed by atoms with Gasteiger partial charge >= 0.3 is 5.97 Å². The summed E-state index contributed by atoms with van der Waals surface area (Å²) in [6.07, 6.45) is -1.20. The highest BCUT2D eigenvalue weighted by molar-refractivity contribution is 8.00. The maximum absolute atomic E-state index is 13.1. The van der Waals surface area contributed by atoms with Crippen LogP contribution in [0.2, 0.25) is 0 Å². The minimum atomic E-state index is -1.20. The van der Waals surface area contributed by atoms with Gasteiger partial charge in [-0.3, -0.25) is 19.7 Å². The van der Waals surface area contributed by atoms with Crippen molar-refractivity contribution in [1.82, 2.24) is 0 Å². The van der Waals surface area contributed by atoms with Crippen LogP contribution in [0.1, 0.15) is 6.92 Å². The first-order chi connectivity index (χ1) is 12.8. The molecule has 10 heteroatoms. The predicted octanol–water partition coefficient (Wildman–Crippen LogP) is 3.54. The molecule has 0 radical (unpaired) electrons. The van der Waals surface area contributed by atoms with Crippen molar-refractivity contribution in [3.63, 3.8) is 0 Å². The standard InChI is InChI=1S/C17H14F2N2O5S/c1-10(17(23)20-11-6-7-12(18)13(19)8-11)26-16(22)9-27-15-5-3-2-4-14(15)21(24)25/h2-8,10H,9H2,1H3,(H,20,23)/t10-/m0/s1. The lowest BCUT2D eigenvalue weighted by Gasteiger charge is -2.13. The van der Waals surface area contributed by atoms with Gasteiger partial charge in [0.2, 0.25) is 0 Å². The fraction of sp³-hybridized carbons (Fsp3) is 0.176. The Bertz CT molecular complexity index is 878. The molecule has 1 N–H and O–H groups in total. The molecular weight excluding hydrogens is 382 g/mol. The third-order valence-electron chi connectivity index (χ3n) is 3.27. The average molecular weight is 396 g/mol. The Kier molecular flexibility index (Phi) is 6.83. The summed E-state index contributed by atoms with van der Waals surface area (Å²) in [4.78, 5) is 34.5. The largest absolute Gasteiger partial charge is 0.452 e. The number of halogens is 2. The first-order valence-electron chi connectivity index (χ1n) is 7.59. The Labute approximate surface area is 156 Å². The average Bonchev–Trinajstić information content (AvgIpc) is 2.63. The number of hydrogen-bond acceptors (Lipinski definition) is 6.